The molecule has 3 heteroatoms. The number of rotatable bonds is 3. The molecule has 2 rings (SSSR count). The van der Waals surface area contributed by atoms with Crippen LogP contribution in [0.15, 0.2) is 48.5 Å². The van der Waals surface area contributed by atoms with Crippen molar-refractivity contribution in [3.8, 4) is 17.6 Å². The summed E-state index contributed by atoms with van der Waals surface area (Å²) in [4.78, 5) is 0. The predicted octanol–water partition coefficient (Wildman–Crippen LogP) is 3.69. The topological polar surface area (TPSA) is 33.0 Å². The Bertz CT molecular complexity index is 546. The lowest BCUT2D eigenvalue weighted by atomic mass is 10.1. The Hall–Kier alpha value is -2.34. The van der Waals surface area contributed by atoms with Gasteiger partial charge in [-0.1, -0.05) is 24.3 Å². The first-order chi connectivity index (χ1) is 8.29. The van der Waals surface area contributed by atoms with E-state index in [-0.39, 0.29) is 0 Å². The molecule has 0 atom stereocenters. The molecule has 0 aliphatic rings. The molecule has 0 aliphatic heterocycles. The molecule has 0 unspecified atom stereocenters. The molecule has 0 aliphatic carbocycles. The number of hydrogen-bond acceptors (Lipinski definition) is 2. The van der Waals surface area contributed by atoms with Gasteiger partial charge in [-0.05, 0) is 18.2 Å². The van der Waals surface area contributed by atoms with Crippen LogP contribution in [0.5, 0.6) is 11.5 Å². The molecule has 0 saturated carbocycles. The third kappa shape index (κ3) is 2.82. The highest BCUT2D eigenvalue weighted by atomic mass is 19.1. The van der Waals surface area contributed by atoms with Gasteiger partial charge in [-0.3, -0.25) is 0 Å². The lowest BCUT2D eigenvalue weighted by molar-refractivity contribution is 0.474. The number of nitrogens with zero attached hydrogens (tertiary/aromatic N) is 1. The van der Waals surface area contributed by atoms with E-state index >= 15 is 0 Å². The van der Waals surface area contributed by atoms with Crippen molar-refractivity contribution in [2.24, 2.45) is 0 Å². The van der Waals surface area contributed by atoms with Crippen molar-refractivity contribution in [3.63, 3.8) is 0 Å². The Morgan fingerprint density at radius 1 is 1.12 bits per heavy atom. The molecule has 0 fully saturated rings. The highest BCUT2D eigenvalue weighted by Crippen LogP contribution is 2.26. The largest absolute Gasteiger partial charge is 0.457 e. The van der Waals surface area contributed by atoms with Gasteiger partial charge in [-0.2, -0.15) is 5.26 Å². The Kier molecular flexibility index (Phi) is 3.37. The van der Waals surface area contributed by atoms with E-state index in [1.165, 1.54) is 24.6 Å². The lowest BCUT2D eigenvalue weighted by Gasteiger charge is -2.08. The molecule has 0 spiro atoms. The molecule has 0 amide bonds. The van der Waals surface area contributed by atoms with Gasteiger partial charge in [-0.25, -0.2) is 4.39 Å². The molecule has 2 aromatic rings. The van der Waals surface area contributed by atoms with Gasteiger partial charge in [0.1, 0.15) is 17.3 Å². The first kappa shape index (κ1) is 11.2. The van der Waals surface area contributed by atoms with E-state index in [9.17, 15) is 4.39 Å². The number of ether oxygens (including phenoxy) is 1. The van der Waals surface area contributed by atoms with Crippen molar-refractivity contribution in [3.05, 3.63) is 66.3 Å². The number of nitriles is 1. The van der Waals surface area contributed by atoms with Gasteiger partial charge in [0.2, 0.25) is 0 Å². The summed E-state index contributed by atoms with van der Waals surface area (Å²) < 4.78 is 18.6. The summed E-state index contributed by atoms with van der Waals surface area (Å²) in [5.41, 5.74) is 0.553. The van der Waals surface area contributed by atoms with E-state index in [2.05, 4.69) is 0 Å². The van der Waals surface area contributed by atoms with E-state index in [0.717, 1.165) is 0 Å². The maximum Gasteiger partial charge on any atom is 0.134 e. The number of para-hydroxylation sites is 1. The van der Waals surface area contributed by atoms with Gasteiger partial charge < -0.3 is 4.74 Å². The first-order valence-corrected chi connectivity index (χ1v) is 5.05. The second kappa shape index (κ2) is 5.13. The second-order valence-corrected chi connectivity index (χ2v) is 3.37. The van der Waals surface area contributed by atoms with E-state index in [1.807, 2.05) is 24.3 Å². The van der Waals surface area contributed by atoms with Crippen LogP contribution in [0.25, 0.3) is 0 Å². The number of hydrogen-bond donors (Lipinski definition) is 0. The highest BCUT2D eigenvalue weighted by molar-refractivity contribution is 5.44. The Balaban J connectivity index is 2.31. The van der Waals surface area contributed by atoms with Crippen LogP contribution in [-0.2, 0) is 0 Å². The van der Waals surface area contributed by atoms with Crippen molar-refractivity contribution in [2.75, 3.05) is 0 Å². The smallest absolute Gasteiger partial charge is 0.134 e. The Labute approximate surface area is 98.9 Å². The molecular formula is C14H9FNO. The molecule has 0 heterocycles. The van der Waals surface area contributed by atoms with Crippen LogP contribution in [0.3, 0.4) is 0 Å². The maximum atomic E-state index is 13.1. The van der Waals surface area contributed by atoms with Crippen LogP contribution < -0.4 is 4.74 Å². The molecule has 0 saturated heterocycles. The quantitative estimate of drug-likeness (QED) is 0.799. The summed E-state index contributed by atoms with van der Waals surface area (Å²) >= 11 is 0. The monoisotopic (exact) mass is 226 g/mol. The summed E-state index contributed by atoms with van der Waals surface area (Å²) in [5.74, 6) is 0.537. The fraction of sp³-hybridized carbons (Fsp3) is 0. The van der Waals surface area contributed by atoms with Gasteiger partial charge in [0.25, 0.3) is 0 Å². The molecule has 17 heavy (non-hydrogen) atoms. The molecular weight excluding hydrogens is 217 g/mol. The average molecular weight is 226 g/mol. The third-order valence-electron chi connectivity index (χ3n) is 2.17. The fourth-order valence-corrected chi connectivity index (χ4v) is 1.40. The highest BCUT2D eigenvalue weighted by Gasteiger charge is 2.06. The van der Waals surface area contributed by atoms with E-state index in [0.29, 0.717) is 17.1 Å². The summed E-state index contributed by atoms with van der Waals surface area (Å²) in [6.07, 6.45) is 1.32. The van der Waals surface area contributed by atoms with Gasteiger partial charge in [-0.15, -0.1) is 0 Å². The Morgan fingerprint density at radius 2 is 1.88 bits per heavy atom. The minimum absolute atomic E-state index is 0.331. The molecule has 83 valence electrons. The van der Waals surface area contributed by atoms with Gasteiger partial charge in [0, 0.05) is 11.6 Å². The van der Waals surface area contributed by atoms with E-state index in [4.69, 9.17) is 10.00 Å². The Morgan fingerprint density at radius 3 is 2.59 bits per heavy atom. The second-order valence-electron chi connectivity index (χ2n) is 3.37. The molecule has 2 aromatic carbocycles. The van der Waals surface area contributed by atoms with Crippen LogP contribution in [0.1, 0.15) is 5.56 Å². The normalized spacial score (nSPS) is 9.65. The summed E-state index contributed by atoms with van der Waals surface area (Å²) in [5, 5.41) is 8.62. The molecule has 1 radical (unpaired) electrons. The van der Waals surface area contributed by atoms with Crippen LogP contribution in [0.2, 0.25) is 0 Å². The average Bonchev–Trinajstić information content (AvgIpc) is 2.34. The minimum atomic E-state index is -0.397. The van der Waals surface area contributed by atoms with Crippen LogP contribution in [0, 0.1) is 23.6 Å². The zero-order chi connectivity index (χ0) is 12.1. The molecule has 2 nitrogen and oxygen atoms in total. The molecule has 0 N–H and O–H groups in total. The minimum Gasteiger partial charge on any atom is -0.457 e. The summed E-state index contributed by atoms with van der Waals surface area (Å²) in [6, 6.07) is 15.0. The number of halogens is 1. The van der Waals surface area contributed by atoms with Crippen LogP contribution in [-0.4, -0.2) is 0 Å². The third-order valence-corrected chi connectivity index (χ3v) is 2.17. The predicted molar refractivity (Wildman–Crippen MR) is 61.9 cm³/mol. The summed E-state index contributed by atoms with van der Waals surface area (Å²) in [7, 11) is 0. The SMILES string of the molecule is N#C[CH]c1ccc(F)cc1Oc1ccccc1. The number of benzene rings is 2. The van der Waals surface area contributed by atoms with Gasteiger partial charge in [0.15, 0.2) is 0 Å². The van der Waals surface area contributed by atoms with Crippen molar-refractivity contribution in [1.29, 1.82) is 5.26 Å². The van der Waals surface area contributed by atoms with E-state index in [1.54, 1.807) is 12.1 Å². The van der Waals surface area contributed by atoms with Crippen molar-refractivity contribution < 1.29 is 9.13 Å². The van der Waals surface area contributed by atoms with Gasteiger partial charge in [0.05, 0.1) is 12.5 Å². The van der Waals surface area contributed by atoms with Crippen molar-refractivity contribution >= 4 is 0 Å². The zero-order valence-corrected chi connectivity index (χ0v) is 8.93. The lowest BCUT2D eigenvalue weighted by Crippen LogP contribution is -1.91. The van der Waals surface area contributed by atoms with Gasteiger partial charge >= 0.3 is 0 Å². The molecule has 0 aromatic heterocycles. The van der Waals surface area contributed by atoms with Crippen molar-refractivity contribution in [2.45, 2.75) is 0 Å². The summed E-state index contributed by atoms with van der Waals surface area (Å²) in [6.45, 7) is 0. The van der Waals surface area contributed by atoms with Crippen LogP contribution in [0.4, 0.5) is 4.39 Å². The maximum absolute atomic E-state index is 13.1. The molecule has 0 bridgehead atoms. The standard InChI is InChI=1S/C14H9FNO/c15-12-7-6-11(8-9-16)14(10-12)17-13-4-2-1-3-5-13/h1-8,10H. The first-order valence-electron chi connectivity index (χ1n) is 5.05. The van der Waals surface area contributed by atoms with Crippen LogP contribution >= 0.6 is 0 Å². The zero-order valence-electron chi connectivity index (χ0n) is 8.93. The fourth-order valence-electron chi connectivity index (χ4n) is 1.40. The van der Waals surface area contributed by atoms with E-state index < -0.39 is 5.82 Å². The van der Waals surface area contributed by atoms with Crippen molar-refractivity contribution in [1.82, 2.24) is 0 Å².